The van der Waals surface area contributed by atoms with Gasteiger partial charge >= 0.3 is 5.97 Å². The van der Waals surface area contributed by atoms with Crippen molar-refractivity contribution in [3.05, 3.63) is 116 Å². The normalized spacial score (nSPS) is 11.9. The standard InChI is InChI=1S/C32H26Cl2N2O4/c1-18-20-9-6-7-14-27(20)36(2)31(38)28(18)23-16-15-19(21-10-4-5-11-22(21)23)17-26(32(39)40-3)35-30(37)29-24(33)12-8-13-25(29)34/h4-16,26H,17H2,1-3H3,(H,35,37)/t26-/m0/s1. The lowest BCUT2D eigenvalue weighted by Crippen LogP contribution is -2.43. The van der Waals surface area contributed by atoms with Crippen molar-refractivity contribution in [1.82, 2.24) is 9.88 Å². The number of benzene rings is 4. The minimum absolute atomic E-state index is 0.0857. The molecular formula is C32H26Cl2N2O4. The van der Waals surface area contributed by atoms with Gasteiger partial charge in [0.2, 0.25) is 0 Å². The molecule has 0 radical (unpaired) electrons. The van der Waals surface area contributed by atoms with E-state index in [-0.39, 0.29) is 27.6 Å². The maximum absolute atomic E-state index is 13.6. The van der Waals surface area contributed by atoms with E-state index in [1.54, 1.807) is 29.8 Å². The number of ether oxygens (including phenoxy) is 1. The van der Waals surface area contributed by atoms with Crippen molar-refractivity contribution in [3.8, 4) is 11.1 Å². The van der Waals surface area contributed by atoms with Gasteiger partial charge in [-0.1, -0.05) is 83.9 Å². The highest BCUT2D eigenvalue weighted by molar-refractivity contribution is 6.39. The number of halogens is 2. The van der Waals surface area contributed by atoms with Gasteiger partial charge in [-0.2, -0.15) is 0 Å². The van der Waals surface area contributed by atoms with Gasteiger partial charge in [-0.15, -0.1) is 0 Å². The summed E-state index contributed by atoms with van der Waals surface area (Å²) < 4.78 is 6.68. The third-order valence-corrected chi connectivity index (χ3v) is 7.88. The average molecular weight is 573 g/mol. The lowest BCUT2D eigenvalue weighted by Gasteiger charge is -2.20. The molecular weight excluding hydrogens is 547 g/mol. The topological polar surface area (TPSA) is 77.4 Å². The number of para-hydroxylation sites is 1. The number of carbonyl (C=O) groups is 2. The predicted octanol–water partition coefficient (Wildman–Crippen LogP) is 6.49. The molecule has 1 aromatic heterocycles. The Labute approximate surface area is 241 Å². The summed E-state index contributed by atoms with van der Waals surface area (Å²) in [5.74, 6) is -1.19. The lowest BCUT2D eigenvalue weighted by molar-refractivity contribution is -0.142. The number of carbonyl (C=O) groups excluding carboxylic acids is 2. The van der Waals surface area contributed by atoms with E-state index in [2.05, 4.69) is 5.32 Å². The first-order valence-corrected chi connectivity index (χ1v) is 13.4. The van der Waals surface area contributed by atoms with E-state index in [1.165, 1.54) is 7.11 Å². The number of aryl methyl sites for hydroxylation is 2. The van der Waals surface area contributed by atoms with E-state index < -0.39 is 17.9 Å². The summed E-state index contributed by atoms with van der Waals surface area (Å²) in [5.41, 5.74) is 3.97. The Morgan fingerprint density at radius 2 is 1.50 bits per heavy atom. The smallest absolute Gasteiger partial charge is 0.328 e. The fourth-order valence-electron chi connectivity index (χ4n) is 5.23. The molecule has 1 amide bonds. The van der Waals surface area contributed by atoms with Crippen LogP contribution in [0.4, 0.5) is 0 Å². The molecule has 0 spiro atoms. The fraction of sp³-hybridized carbons (Fsp3) is 0.156. The summed E-state index contributed by atoms with van der Waals surface area (Å²) in [4.78, 5) is 39.5. The molecule has 5 rings (SSSR count). The number of nitrogens with zero attached hydrogens (tertiary/aromatic N) is 1. The van der Waals surface area contributed by atoms with E-state index >= 15 is 0 Å². The molecule has 0 unspecified atom stereocenters. The number of amides is 1. The predicted molar refractivity (Wildman–Crippen MR) is 160 cm³/mol. The van der Waals surface area contributed by atoms with Crippen molar-refractivity contribution < 1.29 is 14.3 Å². The Bertz CT molecular complexity index is 1840. The van der Waals surface area contributed by atoms with Gasteiger partial charge in [-0.25, -0.2) is 4.79 Å². The number of esters is 1. The first kappa shape index (κ1) is 27.4. The Kier molecular flexibility index (Phi) is 7.66. The van der Waals surface area contributed by atoms with Gasteiger partial charge in [-0.05, 0) is 52.6 Å². The van der Waals surface area contributed by atoms with Gasteiger partial charge in [0.25, 0.3) is 11.5 Å². The van der Waals surface area contributed by atoms with Crippen molar-refractivity contribution in [3.63, 3.8) is 0 Å². The number of aromatic nitrogens is 1. The van der Waals surface area contributed by atoms with Crippen LogP contribution in [0.1, 0.15) is 21.5 Å². The maximum Gasteiger partial charge on any atom is 0.328 e. The van der Waals surface area contributed by atoms with Crippen LogP contribution < -0.4 is 10.9 Å². The van der Waals surface area contributed by atoms with Crippen LogP contribution >= 0.6 is 23.2 Å². The van der Waals surface area contributed by atoms with Crippen LogP contribution in [0.5, 0.6) is 0 Å². The zero-order valence-electron chi connectivity index (χ0n) is 22.1. The number of hydrogen-bond acceptors (Lipinski definition) is 4. The number of rotatable bonds is 6. The highest BCUT2D eigenvalue weighted by atomic mass is 35.5. The van der Waals surface area contributed by atoms with Crippen LogP contribution in [-0.2, 0) is 23.0 Å². The Morgan fingerprint density at radius 3 is 2.17 bits per heavy atom. The molecule has 6 nitrogen and oxygen atoms in total. The molecule has 0 saturated carbocycles. The summed E-state index contributed by atoms with van der Waals surface area (Å²) in [7, 11) is 3.04. The van der Waals surface area contributed by atoms with E-state index in [4.69, 9.17) is 27.9 Å². The van der Waals surface area contributed by atoms with E-state index in [9.17, 15) is 14.4 Å². The van der Waals surface area contributed by atoms with Crippen molar-refractivity contribution in [2.45, 2.75) is 19.4 Å². The Hall–Kier alpha value is -4.13. The Morgan fingerprint density at radius 1 is 0.875 bits per heavy atom. The van der Waals surface area contributed by atoms with Crippen molar-refractivity contribution in [1.29, 1.82) is 0 Å². The largest absolute Gasteiger partial charge is 0.467 e. The average Bonchev–Trinajstić information content (AvgIpc) is 2.96. The van der Waals surface area contributed by atoms with Crippen LogP contribution in [0.2, 0.25) is 10.0 Å². The minimum Gasteiger partial charge on any atom is -0.467 e. The SMILES string of the molecule is COC(=O)[C@H](Cc1ccc(-c2c(C)c3ccccc3n(C)c2=O)c2ccccc12)NC(=O)c1c(Cl)cccc1Cl. The first-order valence-electron chi connectivity index (χ1n) is 12.6. The Balaban J connectivity index is 1.60. The fourth-order valence-corrected chi connectivity index (χ4v) is 5.80. The molecule has 202 valence electrons. The van der Waals surface area contributed by atoms with Crippen LogP contribution in [0.15, 0.2) is 83.7 Å². The molecule has 1 N–H and O–H groups in total. The van der Waals surface area contributed by atoms with Crippen molar-refractivity contribution in [2.75, 3.05) is 7.11 Å². The number of methoxy groups -OCH3 is 1. The minimum atomic E-state index is -1.01. The molecule has 5 aromatic rings. The maximum atomic E-state index is 13.6. The van der Waals surface area contributed by atoms with Gasteiger partial charge in [0.05, 0.1) is 33.8 Å². The number of fused-ring (bicyclic) bond motifs is 2. The first-order chi connectivity index (χ1) is 19.2. The second kappa shape index (κ2) is 11.2. The second-order valence-electron chi connectivity index (χ2n) is 9.55. The van der Waals surface area contributed by atoms with Gasteiger partial charge in [0.15, 0.2) is 0 Å². The molecule has 8 heteroatoms. The molecule has 0 aliphatic heterocycles. The molecule has 0 fully saturated rings. The summed E-state index contributed by atoms with van der Waals surface area (Å²) in [5, 5.41) is 5.80. The lowest BCUT2D eigenvalue weighted by atomic mass is 9.90. The van der Waals surface area contributed by atoms with Gasteiger partial charge in [0.1, 0.15) is 6.04 Å². The zero-order valence-corrected chi connectivity index (χ0v) is 23.6. The molecule has 0 aliphatic rings. The summed E-state index contributed by atoms with van der Waals surface area (Å²) in [6.07, 6.45) is 0.149. The van der Waals surface area contributed by atoms with Crippen LogP contribution in [-0.4, -0.2) is 29.6 Å². The van der Waals surface area contributed by atoms with Gasteiger partial charge in [0, 0.05) is 18.9 Å². The summed E-state index contributed by atoms with van der Waals surface area (Å²) in [6.45, 7) is 1.96. The monoisotopic (exact) mass is 572 g/mol. The summed E-state index contributed by atoms with van der Waals surface area (Å²) in [6, 6.07) is 23.1. The molecule has 0 saturated heterocycles. The number of hydrogen-bond donors (Lipinski definition) is 1. The summed E-state index contributed by atoms with van der Waals surface area (Å²) >= 11 is 12.4. The zero-order chi connectivity index (χ0) is 28.6. The van der Waals surface area contributed by atoms with E-state index in [0.29, 0.717) is 5.56 Å². The molecule has 0 aliphatic carbocycles. The quantitative estimate of drug-likeness (QED) is 0.236. The van der Waals surface area contributed by atoms with Crippen molar-refractivity contribution >= 4 is 56.8 Å². The number of nitrogens with one attached hydrogen (secondary N) is 1. The highest BCUT2D eigenvalue weighted by Gasteiger charge is 2.26. The van der Waals surface area contributed by atoms with E-state index in [0.717, 1.165) is 38.4 Å². The van der Waals surface area contributed by atoms with E-state index in [1.807, 2.05) is 67.6 Å². The third-order valence-electron chi connectivity index (χ3n) is 7.25. The molecule has 40 heavy (non-hydrogen) atoms. The van der Waals surface area contributed by atoms with Crippen molar-refractivity contribution in [2.24, 2.45) is 7.05 Å². The molecule has 0 bridgehead atoms. The van der Waals surface area contributed by atoms with Crippen LogP contribution in [0, 0.1) is 6.92 Å². The highest BCUT2D eigenvalue weighted by Crippen LogP contribution is 2.34. The number of pyridine rings is 1. The third kappa shape index (κ3) is 4.85. The van der Waals surface area contributed by atoms with Gasteiger partial charge < -0.3 is 14.6 Å². The van der Waals surface area contributed by atoms with Crippen LogP contribution in [0.3, 0.4) is 0 Å². The second-order valence-corrected chi connectivity index (χ2v) is 10.4. The molecule has 1 atom stereocenters. The van der Waals surface area contributed by atoms with Gasteiger partial charge in [-0.3, -0.25) is 9.59 Å². The molecule has 1 heterocycles. The van der Waals surface area contributed by atoms with Crippen LogP contribution in [0.25, 0.3) is 32.8 Å². The molecule has 4 aromatic carbocycles.